The molecule has 2 aromatic rings. The van der Waals surface area contributed by atoms with Crippen LogP contribution in [0, 0.1) is 11.6 Å². The molecule has 1 heterocycles. The summed E-state index contributed by atoms with van der Waals surface area (Å²) in [5.41, 5.74) is 6.77. The number of benzene rings is 1. The average molecular weight is 286 g/mol. The van der Waals surface area contributed by atoms with Crippen LogP contribution in [0.15, 0.2) is 24.4 Å². The summed E-state index contributed by atoms with van der Waals surface area (Å²) in [6.07, 6.45) is 2.33. The molecule has 0 aliphatic rings. The average Bonchev–Trinajstić information content (AvgIpc) is 2.70. The molecule has 0 saturated carbocycles. The van der Waals surface area contributed by atoms with Gasteiger partial charge < -0.3 is 5.73 Å². The molecular formula is C13H14ClF2N3. The van der Waals surface area contributed by atoms with Gasteiger partial charge in [0.2, 0.25) is 0 Å². The fourth-order valence-corrected chi connectivity index (χ4v) is 2.23. The summed E-state index contributed by atoms with van der Waals surface area (Å²) in [7, 11) is 0. The minimum absolute atomic E-state index is 0.196. The molecule has 0 amide bonds. The fraction of sp³-hybridized carbons (Fsp3) is 0.308. The summed E-state index contributed by atoms with van der Waals surface area (Å²) < 4.78 is 28.3. The first-order valence-corrected chi connectivity index (χ1v) is 6.34. The van der Waals surface area contributed by atoms with Crippen molar-refractivity contribution in [2.75, 3.05) is 0 Å². The van der Waals surface area contributed by atoms with Gasteiger partial charge in [0, 0.05) is 18.2 Å². The van der Waals surface area contributed by atoms with Crippen LogP contribution in [0.5, 0.6) is 0 Å². The number of aryl methyl sites for hydroxylation is 1. The van der Waals surface area contributed by atoms with Crippen LogP contribution in [0.4, 0.5) is 8.78 Å². The Morgan fingerprint density at radius 3 is 2.79 bits per heavy atom. The maximum atomic E-state index is 13.7. The van der Waals surface area contributed by atoms with Gasteiger partial charge in [0.15, 0.2) is 0 Å². The number of hydrogen-bond acceptors (Lipinski definition) is 2. The van der Waals surface area contributed by atoms with Gasteiger partial charge >= 0.3 is 0 Å². The Morgan fingerprint density at radius 2 is 2.16 bits per heavy atom. The van der Waals surface area contributed by atoms with E-state index in [4.69, 9.17) is 17.3 Å². The lowest BCUT2D eigenvalue weighted by atomic mass is 10.0. The van der Waals surface area contributed by atoms with Crippen molar-refractivity contribution in [3.05, 3.63) is 52.3 Å². The number of nitrogens with zero attached hydrogens (tertiary/aromatic N) is 2. The summed E-state index contributed by atoms with van der Waals surface area (Å²) >= 11 is 6.05. The molecule has 1 aromatic carbocycles. The lowest BCUT2D eigenvalue weighted by Gasteiger charge is -2.15. The normalized spacial score (nSPS) is 12.7. The molecule has 0 fully saturated rings. The quantitative estimate of drug-likeness (QED) is 0.937. The topological polar surface area (TPSA) is 43.8 Å². The Balaban J connectivity index is 2.43. The van der Waals surface area contributed by atoms with E-state index in [1.807, 2.05) is 6.92 Å². The van der Waals surface area contributed by atoms with Gasteiger partial charge in [0.05, 0.1) is 23.0 Å². The molecule has 0 aliphatic carbocycles. The Hall–Kier alpha value is -1.46. The molecule has 0 bridgehead atoms. The summed E-state index contributed by atoms with van der Waals surface area (Å²) in [5, 5.41) is 4.49. The molecule has 19 heavy (non-hydrogen) atoms. The third-order valence-corrected chi connectivity index (χ3v) is 3.15. The second-order valence-corrected chi connectivity index (χ2v) is 4.65. The van der Waals surface area contributed by atoms with Gasteiger partial charge in [-0.15, -0.1) is 0 Å². The molecule has 2 N–H and O–H groups in total. The van der Waals surface area contributed by atoms with Crippen molar-refractivity contribution < 1.29 is 8.78 Å². The Kier molecular flexibility index (Phi) is 4.17. The summed E-state index contributed by atoms with van der Waals surface area (Å²) in [6, 6.07) is 2.54. The zero-order valence-electron chi connectivity index (χ0n) is 10.4. The molecule has 1 atom stereocenters. The van der Waals surface area contributed by atoms with E-state index in [0.29, 0.717) is 17.3 Å². The number of rotatable bonds is 4. The zero-order chi connectivity index (χ0) is 14.0. The molecule has 0 saturated heterocycles. The minimum atomic E-state index is -0.776. The van der Waals surface area contributed by atoms with Crippen LogP contribution in [0.1, 0.15) is 30.6 Å². The second kappa shape index (κ2) is 5.67. The van der Waals surface area contributed by atoms with Crippen LogP contribution < -0.4 is 5.73 Å². The first kappa shape index (κ1) is 14.0. The third kappa shape index (κ3) is 2.77. The van der Waals surface area contributed by atoms with E-state index in [1.54, 1.807) is 4.68 Å². The van der Waals surface area contributed by atoms with Gasteiger partial charge in [-0.25, -0.2) is 8.78 Å². The van der Waals surface area contributed by atoms with E-state index in [1.165, 1.54) is 18.3 Å². The zero-order valence-corrected chi connectivity index (χ0v) is 11.2. The van der Waals surface area contributed by atoms with Gasteiger partial charge in [-0.1, -0.05) is 24.6 Å². The highest BCUT2D eigenvalue weighted by Gasteiger charge is 2.21. The first-order valence-electron chi connectivity index (χ1n) is 5.96. The highest BCUT2D eigenvalue weighted by molar-refractivity contribution is 6.31. The van der Waals surface area contributed by atoms with Crippen molar-refractivity contribution >= 4 is 11.6 Å². The van der Waals surface area contributed by atoms with Crippen LogP contribution in [0.2, 0.25) is 5.02 Å². The molecule has 1 unspecified atom stereocenters. The van der Waals surface area contributed by atoms with Crippen molar-refractivity contribution in [3.8, 4) is 0 Å². The van der Waals surface area contributed by atoms with Gasteiger partial charge in [-0.05, 0) is 12.5 Å². The van der Waals surface area contributed by atoms with E-state index in [9.17, 15) is 8.78 Å². The molecule has 6 heteroatoms. The number of hydrogen-bond donors (Lipinski definition) is 1. The minimum Gasteiger partial charge on any atom is -0.319 e. The fourth-order valence-electron chi connectivity index (χ4n) is 1.97. The Morgan fingerprint density at radius 1 is 1.42 bits per heavy atom. The summed E-state index contributed by atoms with van der Waals surface area (Å²) in [5.74, 6) is -1.32. The smallest absolute Gasteiger partial charge is 0.131 e. The predicted molar refractivity (Wildman–Crippen MR) is 69.9 cm³/mol. The lowest BCUT2D eigenvalue weighted by molar-refractivity contribution is 0.537. The van der Waals surface area contributed by atoms with Crippen LogP contribution in [-0.4, -0.2) is 9.78 Å². The monoisotopic (exact) mass is 285 g/mol. The lowest BCUT2D eigenvalue weighted by Crippen LogP contribution is -2.19. The summed E-state index contributed by atoms with van der Waals surface area (Å²) in [4.78, 5) is 0. The van der Waals surface area contributed by atoms with Crippen LogP contribution in [0.25, 0.3) is 0 Å². The standard InChI is InChI=1S/C13H14ClF2N3/c1-2-5-19-13(10(14)7-18-19)12(17)9-4-3-8(15)6-11(9)16/h3-4,6-7,12H,2,5,17H2,1H3. The number of halogens is 3. The maximum absolute atomic E-state index is 13.7. The SMILES string of the molecule is CCCn1ncc(Cl)c1C(N)c1ccc(F)cc1F. The van der Waals surface area contributed by atoms with E-state index >= 15 is 0 Å². The van der Waals surface area contributed by atoms with Crippen molar-refractivity contribution in [3.63, 3.8) is 0 Å². The van der Waals surface area contributed by atoms with E-state index in [2.05, 4.69) is 5.10 Å². The summed E-state index contributed by atoms with van der Waals surface area (Å²) in [6.45, 7) is 2.63. The third-order valence-electron chi connectivity index (χ3n) is 2.86. The highest BCUT2D eigenvalue weighted by Crippen LogP contribution is 2.28. The van der Waals surface area contributed by atoms with Crippen LogP contribution in [-0.2, 0) is 6.54 Å². The Labute approximate surface area is 115 Å². The number of aromatic nitrogens is 2. The predicted octanol–water partition coefficient (Wildman–Crippen LogP) is 3.27. The van der Waals surface area contributed by atoms with Crippen molar-refractivity contribution in [2.45, 2.75) is 25.9 Å². The molecular weight excluding hydrogens is 272 g/mol. The molecule has 0 spiro atoms. The van der Waals surface area contributed by atoms with Crippen molar-refractivity contribution in [1.29, 1.82) is 0 Å². The molecule has 102 valence electrons. The molecule has 0 radical (unpaired) electrons. The molecule has 3 nitrogen and oxygen atoms in total. The van der Waals surface area contributed by atoms with Crippen LogP contribution >= 0.6 is 11.6 Å². The number of nitrogens with two attached hydrogens (primary N) is 1. The molecule has 2 rings (SSSR count). The van der Waals surface area contributed by atoms with Crippen molar-refractivity contribution in [1.82, 2.24) is 9.78 Å². The Bertz CT molecular complexity index is 583. The van der Waals surface area contributed by atoms with Crippen LogP contribution in [0.3, 0.4) is 0 Å². The maximum Gasteiger partial charge on any atom is 0.131 e. The molecule has 1 aromatic heterocycles. The van der Waals surface area contributed by atoms with Gasteiger partial charge in [0.25, 0.3) is 0 Å². The van der Waals surface area contributed by atoms with E-state index in [-0.39, 0.29) is 5.56 Å². The van der Waals surface area contributed by atoms with Gasteiger partial charge in [-0.2, -0.15) is 5.10 Å². The van der Waals surface area contributed by atoms with Gasteiger partial charge in [0.1, 0.15) is 11.6 Å². The van der Waals surface area contributed by atoms with Crippen molar-refractivity contribution in [2.24, 2.45) is 5.73 Å². The highest BCUT2D eigenvalue weighted by atomic mass is 35.5. The largest absolute Gasteiger partial charge is 0.319 e. The van der Waals surface area contributed by atoms with Gasteiger partial charge in [-0.3, -0.25) is 4.68 Å². The van der Waals surface area contributed by atoms with E-state index < -0.39 is 17.7 Å². The van der Waals surface area contributed by atoms with E-state index in [0.717, 1.165) is 12.5 Å². The molecule has 0 aliphatic heterocycles. The second-order valence-electron chi connectivity index (χ2n) is 4.24. The first-order chi connectivity index (χ1) is 9.04.